The van der Waals surface area contributed by atoms with Crippen LogP contribution in [0.25, 0.3) is 0 Å². The second kappa shape index (κ2) is 31.8. The number of esters is 2. The van der Waals surface area contributed by atoms with E-state index in [2.05, 4.69) is 50.3 Å². The van der Waals surface area contributed by atoms with Crippen LogP contribution in [0, 0.1) is 0 Å². The number of carbonyl (C=O) groups is 3. The van der Waals surface area contributed by atoms with Crippen molar-refractivity contribution in [2.45, 2.75) is 161 Å². The van der Waals surface area contributed by atoms with E-state index < -0.39 is 18.1 Å². The lowest BCUT2D eigenvalue weighted by Crippen LogP contribution is -2.55. The lowest BCUT2D eigenvalue weighted by atomic mass is 10.1. The third-order valence-electron chi connectivity index (χ3n) is 8.26. The number of likely N-dealkylation sites (N-methyl/N-ethyl adjacent to an activating group) is 1. The summed E-state index contributed by atoms with van der Waals surface area (Å²) < 4.78 is 17.0. The van der Waals surface area contributed by atoms with Crippen molar-refractivity contribution in [2.75, 3.05) is 41.0 Å². The quantitative estimate of drug-likeness (QED) is 0.0299. The van der Waals surface area contributed by atoms with Crippen LogP contribution >= 0.6 is 0 Å². The first kappa shape index (κ1) is 45.6. The summed E-state index contributed by atoms with van der Waals surface area (Å²) in [4.78, 5) is 36.5. The summed E-state index contributed by atoms with van der Waals surface area (Å²) in [6.45, 7) is 4.46. The summed E-state index contributed by atoms with van der Waals surface area (Å²) in [7, 11) is 5.38. The molecule has 0 aliphatic heterocycles. The van der Waals surface area contributed by atoms with Crippen molar-refractivity contribution in [3.63, 3.8) is 0 Å². The fraction of sp³-hybridized carbons (Fsp3) is 0.775. The Bertz CT molecular complexity index is 891. The molecular weight excluding hydrogens is 606 g/mol. The molecule has 0 amide bonds. The summed E-state index contributed by atoms with van der Waals surface area (Å²) in [6, 6.07) is -0.729. The normalized spacial score (nSPS) is 13.4. The largest absolute Gasteiger partial charge is 0.544 e. The van der Waals surface area contributed by atoms with Crippen LogP contribution in [-0.2, 0) is 28.6 Å². The van der Waals surface area contributed by atoms with Crippen molar-refractivity contribution in [3.8, 4) is 0 Å². The summed E-state index contributed by atoms with van der Waals surface area (Å²) in [6.07, 6.45) is 33.2. The number of rotatable bonds is 33. The SMILES string of the molecule is CC/C=C/C/C=C/CCCCC(=O)OC(COCCC(C(=O)[O-])[N+](C)(C)C)COC(=O)CCCCCCCCC/C=C/CCCCCC. The van der Waals surface area contributed by atoms with E-state index in [0.29, 0.717) is 12.8 Å². The van der Waals surface area contributed by atoms with Gasteiger partial charge in [0.2, 0.25) is 0 Å². The van der Waals surface area contributed by atoms with Crippen molar-refractivity contribution in [2.24, 2.45) is 0 Å². The van der Waals surface area contributed by atoms with Crippen molar-refractivity contribution >= 4 is 17.9 Å². The van der Waals surface area contributed by atoms with Gasteiger partial charge in [-0.2, -0.15) is 0 Å². The molecule has 48 heavy (non-hydrogen) atoms. The Morgan fingerprint density at radius 1 is 0.646 bits per heavy atom. The molecule has 2 atom stereocenters. The first-order chi connectivity index (χ1) is 23.1. The van der Waals surface area contributed by atoms with Crippen LogP contribution in [-0.4, -0.2) is 75.5 Å². The highest BCUT2D eigenvalue weighted by molar-refractivity contribution is 5.70. The Morgan fingerprint density at radius 2 is 1.17 bits per heavy atom. The highest BCUT2D eigenvalue weighted by Crippen LogP contribution is 2.13. The fourth-order valence-electron chi connectivity index (χ4n) is 5.28. The third kappa shape index (κ3) is 29.7. The maximum Gasteiger partial charge on any atom is 0.306 e. The highest BCUT2D eigenvalue weighted by atomic mass is 16.6. The number of allylic oxidation sites excluding steroid dienone is 6. The summed E-state index contributed by atoms with van der Waals surface area (Å²) >= 11 is 0. The molecule has 0 saturated carbocycles. The van der Waals surface area contributed by atoms with Crippen LogP contribution in [0.4, 0.5) is 0 Å². The van der Waals surface area contributed by atoms with Gasteiger partial charge in [-0.25, -0.2) is 0 Å². The summed E-state index contributed by atoms with van der Waals surface area (Å²) in [5, 5.41) is 11.6. The third-order valence-corrected chi connectivity index (χ3v) is 8.26. The predicted molar refractivity (Wildman–Crippen MR) is 194 cm³/mol. The number of quaternary nitrogens is 1. The molecule has 0 heterocycles. The second-order valence-corrected chi connectivity index (χ2v) is 13.8. The van der Waals surface area contributed by atoms with Gasteiger partial charge >= 0.3 is 11.9 Å². The molecule has 0 aliphatic rings. The molecule has 0 radical (unpaired) electrons. The van der Waals surface area contributed by atoms with E-state index in [-0.39, 0.29) is 49.1 Å². The molecule has 0 bridgehead atoms. The first-order valence-electron chi connectivity index (χ1n) is 19.0. The van der Waals surface area contributed by atoms with Crippen molar-refractivity contribution < 1.29 is 38.2 Å². The predicted octanol–water partition coefficient (Wildman–Crippen LogP) is 8.18. The zero-order valence-corrected chi connectivity index (χ0v) is 31.4. The molecule has 2 unspecified atom stereocenters. The molecule has 0 N–H and O–H groups in total. The second-order valence-electron chi connectivity index (χ2n) is 13.8. The van der Waals surface area contributed by atoms with Gasteiger partial charge in [0.1, 0.15) is 12.6 Å². The van der Waals surface area contributed by atoms with Crippen LogP contribution in [0.1, 0.15) is 149 Å². The van der Waals surface area contributed by atoms with E-state index in [1.54, 1.807) is 21.1 Å². The lowest BCUT2D eigenvalue weighted by Gasteiger charge is -2.34. The number of ether oxygens (including phenoxy) is 3. The van der Waals surface area contributed by atoms with Gasteiger partial charge in [-0.3, -0.25) is 9.59 Å². The monoisotopic (exact) mass is 678 g/mol. The maximum atomic E-state index is 12.6. The Hall–Kier alpha value is -2.45. The highest BCUT2D eigenvalue weighted by Gasteiger charge is 2.25. The Morgan fingerprint density at radius 3 is 1.77 bits per heavy atom. The fourth-order valence-corrected chi connectivity index (χ4v) is 5.28. The number of carboxylic acids is 1. The van der Waals surface area contributed by atoms with E-state index in [1.165, 1.54) is 64.2 Å². The number of nitrogens with zero attached hydrogens (tertiary/aromatic N) is 1. The average molecular weight is 678 g/mol. The molecule has 278 valence electrons. The lowest BCUT2D eigenvalue weighted by molar-refractivity contribution is -0.889. The Kier molecular flexibility index (Phi) is 30.2. The zero-order chi connectivity index (χ0) is 35.7. The van der Waals surface area contributed by atoms with Gasteiger partial charge in [0, 0.05) is 19.3 Å². The van der Waals surface area contributed by atoms with Gasteiger partial charge in [-0.05, 0) is 64.2 Å². The zero-order valence-electron chi connectivity index (χ0n) is 31.4. The number of unbranched alkanes of at least 4 members (excludes halogenated alkanes) is 13. The molecule has 0 aliphatic carbocycles. The number of aliphatic carboxylic acids is 1. The van der Waals surface area contributed by atoms with Gasteiger partial charge in [0.05, 0.1) is 40.3 Å². The van der Waals surface area contributed by atoms with E-state index in [9.17, 15) is 19.5 Å². The topological polar surface area (TPSA) is 102 Å². The van der Waals surface area contributed by atoms with Crippen molar-refractivity contribution in [1.82, 2.24) is 0 Å². The standard InChI is InChI=1S/C40H71NO7/c1-6-8-10-12-14-16-17-18-19-20-21-23-24-26-28-30-38(42)47-35-36(34-46-33-32-37(40(44)45)41(3,4)5)48-39(43)31-29-27-25-22-15-13-11-9-7-2/h9,11,15-17,22,36-37H,6-8,10,12-14,18-21,23-35H2,1-5H3/b11-9+,17-16+,22-15+. The molecule has 8 heteroatoms. The van der Waals surface area contributed by atoms with Crippen LogP contribution in [0.3, 0.4) is 0 Å². The molecule has 8 nitrogen and oxygen atoms in total. The van der Waals surface area contributed by atoms with Crippen LogP contribution < -0.4 is 5.11 Å². The van der Waals surface area contributed by atoms with Gasteiger partial charge in [-0.15, -0.1) is 0 Å². The van der Waals surface area contributed by atoms with Crippen molar-refractivity contribution in [1.29, 1.82) is 0 Å². The average Bonchev–Trinajstić information content (AvgIpc) is 3.03. The number of carboxylic acid groups (broad SMARTS) is 1. The number of hydrogen-bond donors (Lipinski definition) is 0. The minimum atomic E-state index is -1.13. The minimum Gasteiger partial charge on any atom is -0.544 e. The molecule has 0 aromatic heterocycles. The minimum absolute atomic E-state index is 0.0265. The summed E-state index contributed by atoms with van der Waals surface area (Å²) in [5.74, 6) is -1.79. The maximum absolute atomic E-state index is 12.6. The van der Waals surface area contributed by atoms with Gasteiger partial charge in [0.25, 0.3) is 0 Å². The van der Waals surface area contributed by atoms with Crippen LogP contribution in [0.5, 0.6) is 0 Å². The van der Waals surface area contributed by atoms with Gasteiger partial charge < -0.3 is 28.6 Å². The number of hydrogen-bond acceptors (Lipinski definition) is 7. The van der Waals surface area contributed by atoms with Gasteiger partial charge in [0.15, 0.2) is 6.10 Å². The van der Waals surface area contributed by atoms with Gasteiger partial charge in [-0.1, -0.05) is 102 Å². The Balaban J connectivity index is 4.40. The molecule has 0 aromatic carbocycles. The molecule has 0 saturated heterocycles. The van der Waals surface area contributed by atoms with E-state index >= 15 is 0 Å². The molecule has 0 spiro atoms. The molecule has 0 rings (SSSR count). The van der Waals surface area contributed by atoms with Crippen molar-refractivity contribution in [3.05, 3.63) is 36.5 Å². The van der Waals surface area contributed by atoms with E-state index in [1.807, 2.05) is 0 Å². The van der Waals surface area contributed by atoms with Crippen LogP contribution in [0.15, 0.2) is 36.5 Å². The Labute approximate surface area is 293 Å². The van der Waals surface area contributed by atoms with Crippen LogP contribution in [0.2, 0.25) is 0 Å². The first-order valence-corrected chi connectivity index (χ1v) is 19.0. The van der Waals surface area contributed by atoms with E-state index in [4.69, 9.17) is 14.2 Å². The smallest absolute Gasteiger partial charge is 0.306 e. The molecular formula is C40H71NO7. The van der Waals surface area contributed by atoms with E-state index in [0.717, 1.165) is 44.9 Å². The summed E-state index contributed by atoms with van der Waals surface area (Å²) in [5.41, 5.74) is 0. The molecule has 0 aromatic rings. The number of carbonyl (C=O) groups excluding carboxylic acids is 3. The molecule has 0 fully saturated rings.